The van der Waals surface area contributed by atoms with Gasteiger partial charge in [0.25, 0.3) is 0 Å². The van der Waals surface area contributed by atoms with E-state index < -0.39 is 17.6 Å². The highest BCUT2D eigenvalue weighted by molar-refractivity contribution is 5.80. The molecule has 4 aromatic rings. The highest BCUT2D eigenvalue weighted by atomic mass is 19.1. The number of hydrogen-bond donors (Lipinski definition) is 1. The van der Waals surface area contributed by atoms with Crippen LogP contribution >= 0.6 is 0 Å². The quantitative estimate of drug-likeness (QED) is 0.532. The van der Waals surface area contributed by atoms with Gasteiger partial charge in [0.05, 0.1) is 23.3 Å². The zero-order valence-electron chi connectivity index (χ0n) is 16.0. The number of aromatic nitrogens is 4. The van der Waals surface area contributed by atoms with Crippen LogP contribution in [0.3, 0.4) is 0 Å². The first-order chi connectivity index (χ1) is 14.7. The van der Waals surface area contributed by atoms with Crippen LogP contribution in [0.15, 0.2) is 42.7 Å². The molecule has 3 aromatic heterocycles. The maximum absolute atomic E-state index is 15.3. The van der Waals surface area contributed by atoms with E-state index in [1.54, 1.807) is 16.6 Å². The average molecular weight is 404 g/mol. The summed E-state index contributed by atoms with van der Waals surface area (Å²) in [5, 5.41) is 8.19. The molecule has 6 nitrogen and oxygen atoms in total. The van der Waals surface area contributed by atoms with Gasteiger partial charge < -0.3 is 10.2 Å². The van der Waals surface area contributed by atoms with Gasteiger partial charge in [-0.3, -0.25) is 4.98 Å². The molecule has 0 spiro atoms. The molecule has 1 N–H and O–H groups in total. The molecule has 1 saturated heterocycles. The van der Waals surface area contributed by atoms with Crippen LogP contribution in [-0.4, -0.2) is 45.8 Å². The van der Waals surface area contributed by atoms with E-state index in [0.717, 1.165) is 32.0 Å². The van der Waals surface area contributed by atoms with Gasteiger partial charge in [-0.25, -0.2) is 18.3 Å². The minimum Gasteiger partial charge on any atom is -0.353 e. The first-order valence-electron chi connectivity index (χ1n) is 9.66. The van der Waals surface area contributed by atoms with Crippen molar-refractivity contribution in [3.63, 3.8) is 0 Å². The summed E-state index contributed by atoms with van der Waals surface area (Å²) in [4.78, 5) is 10.5. The van der Waals surface area contributed by atoms with Gasteiger partial charge in [0.2, 0.25) is 0 Å². The van der Waals surface area contributed by atoms with Gasteiger partial charge in [-0.2, -0.15) is 0 Å². The number of nitrogens with one attached hydrogen (secondary N) is 1. The van der Waals surface area contributed by atoms with Gasteiger partial charge in [-0.05, 0) is 24.3 Å². The molecule has 0 bridgehead atoms. The van der Waals surface area contributed by atoms with Crippen molar-refractivity contribution >= 4 is 22.4 Å². The molecule has 0 amide bonds. The van der Waals surface area contributed by atoms with Crippen LogP contribution in [0.2, 0.25) is 0 Å². The van der Waals surface area contributed by atoms with Gasteiger partial charge in [-0.15, -0.1) is 11.5 Å². The first kappa shape index (κ1) is 18.5. The van der Waals surface area contributed by atoms with Crippen molar-refractivity contribution in [3.05, 3.63) is 65.6 Å². The zero-order chi connectivity index (χ0) is 20.7. The van der Waals surface area contributed by atoms with Gasteiger partial charge in [0.15, 0.2) is 5.65 Å². The number of pyridine rings is 1. The molecule has 1 unspecified atom stereocenters. The fraction of sp³-hybridized carbons (Fsp3) is 0.227. The molecule has 8 heteroatoms. The van der Waals surface area contributed by atoms with Gasteiger partial charge in [-0.1, -0.05) is 5.92 Å². The maximum Gasteiger partial charge on any atom is 0.153 e. The summed E-state index contributed by atoms with van der Waals surface area (Å²) < 4.78 is 31.8. The van der Waals surface area contributed by atoms with E-state index in [1.807, 2.05) is 12.1 Å². The van der Waals surface area contributed by atoms with Crippen molar-refractivity contribution in [2.24, 2.45) is 0 Å². The maximum atomic E-state index is 15.3. The van der Waals surface area contributed by atoms with Crippen LogP contribution in [0.25, 0.3) is 16.6 Å². The van der Waals surface area contributed by atoms with E-state index in [4.69, 9.17) is 6.42 Å². The number of hydrogen-bond acceptors (Lipinski definition) is 5. The summed E-state index contributed by atoms with van der Waals surface area (Å²) >= 11 is 0. The number of imidazole rings is 1. The molecular formula is C22H18F2N6. The predicted molar refractivity (Wildman–Crippen MR) is 110 cm³/mol. The fourth-order valence-corrected chi connectivity index (χ4v) is 3.89. The third kappa shape index (κ3) is 2.95. The summed E-state index contributed by atoms with van der Waals surface area (Å²) in [6, 6.07) is 8.10. The summed E-state index contributed by atoms with van der Waals surface area (Å²) in [6.07, 6.45) is 8.78. The molecule has 1 aliphatic rings. The van der Waals surface area contributed by atoms with Gasteiger partial charge in [0.1, 0.15) is 17.5 Å². The molecule has 1 aliphatic heterocycles. The van der Waals surface area contributed by atoms with Crippen LogP contribution in [-0.2, 0) is 0 Å². The number of nitrogens with zero attached hydrogens (tertiary/aromatic N) is 5. The number of terminal acetylenes is 1. The van der Waals surface area contributed by atoms with E-state index >= 15 is 4.39 Å². The van der Waals surface area contributed by atoms with E-state index in [1.165, 1.54) is 18.5 Å². The van der Waals surface area contributed by atoms with Gasteiger partial charge >= 0.3 is 0 Å². The zero-order valence-corrected chi connectivity index (χ0v) is 16.0. The molecule has 150 valence electrons. The summed E-state index contributed by atoms with van der Waals surface area (Å²) in [5.41, 5.74) is 1.04. The largest absolute Gasteiger partial charge is 0.353 e. The Hall–Kier alpha value is -3.57. The monoisotopic (exact) mass is 404 g/mol. The predicted octanol–water partition coefficient (Wildman–Crippen LogP) is 2.73. The summed E-state index contributed by atoms with van der Waals surface area (Å²) in [6.45, 7) is 3.38. The lowest BCUT2D eigenvalue weighted by molar-refractivity contribution is 0.560. The minimum atomic E-state index is -0.990. The number of halogens is 2. The first-order valence-corrected chi connectivity index (χ1v) is 9.66. The van der Waals surface area contributed by atoms with E-state index in [-0.39, 0.29) is 16.5 Å². The standard InChI is InChI=1S/C22H18F2N6/c1-2-14(21-16(23)12-17-15(22(21)24)4-3-7-26-17)18-13-27-19-5-6-20(28-30(18)19)29-10-8-25-9-11-29/h1,3-7,12-14,25H,8-11H2. The summed E-state index contributed by atoms with van der Waals surface area (Å²) in [7, 11) is 0. The van der Waals surface area contributed by atoms with Crippen LogP contribution in [0.1, 0.15) is 17.2 Å². The Balaban J connectivity index is 1.65. The molecule has 0 saturated carbocycles. The van der Waals surface area contributed by atoms with Crippen molar-refractivity contribution in [1.29, 1.82) is 0 Å². The van der Waals surface area contributed by atoms with Gasteiger partial charge in [0, 0.05) is 49.4 Å². The molecule has 1 atom stereocenters. The van der Waals surface area contributed by atoms with Crippen molar-refractivity contribution in [1.82, 2.24) is 24.9 Å². The van der Waals surface area contributed by atoms with Crippen LogP contribution in [0.4, 0.5) is 14.6 Å². The summed E-state index contributed by atoms with van der Waals surface area (Å²) in [5.74, 6) is 0.855. The third-order valence-electron chi connectivity index (χ3n) is 5.40. The van der Waals surface area contributed by atoms with E-state index in [2.05, 4.69) is 31.2 Å². The number of fused-ring (bicyclic) bond motifs is 2. The molecule has 0 radical (unpaired) electrons. The van der Waals surface area contributed by atoms with Crippen molar-refractivity contribution in [3.8, 4) is 12.3 Å². The smallest absolute Gasteiger partial charge is 0.153 e. The lowest BCUT2D eigenvalue weighted by Gasteiger charge is -2.28. The minimum absolute atomic E-state index is 0.200. The number of anilines is 1. The lowest BCUT2D eigenvalue weighted by atomic mass is 9.94. The second-order valence-electron chi connectivity index (χ2n) is 7.14. The topological polar surface area (TPSA) is 58.4 Å². The Morgan fingerprint density at radius 3 is 2.77 bits per heavy atom. The Labute approximate surface area is 171 Å². The molecule has 1 fully saturated rings. The number of rotatable bonds is 3. The molecule has 4 heterocycles. The fourth-order valence-electron chi connectivity index (χ4n) is 3.89. The van der Waals surface area contributed by atoms with Crippen LogP contribution < -0.4 is 10.2 Å². The van der Waals surface area contributed by atoms with E-state index in [0.29, 0.717) is 11.3 Å². The highest BCUT2D eigenvalue weighted by Gasteiger charge is 2.26. The highest BCUT2D eigenvalue weighted by Crippen LogP contribution is 2.32. The Morgan fingerprint density at radius 2 is 1.97 bits per heavy atom. The average Bonchev–Trinajstić information content (AvgIpc) is 3.20. The van der Waals surface area contributed by atoms with E-state index in [9.17, 15) is 4.39 Å². The molecule has 5 rings (SSSR count). The molecule has 0 aliphatic carbocycles. The van der Waals surface area contributed by atoms with Crippen molar-refractivity contribution < 1.29 is 8.78 Å². The lowest BCUT2D eigenvalue weighted by Crippen LogP contribution is -2.44. The van der Waals surface area contributed by atoms with Crippen molar-refractivity contribution in [2.45, 2.75) is 5.92 Å². The Kier molecular flexibility index (Phi) is 4.52. The second kappa shape index (κ2) is 7.35. The third-order valence-corrected chi connectivity index (χ3v) is 5.40. The second-order valence-corrected chi connectivity index (χ2v) is 7.14. The number of benzene rings is 1. The van der Waals surface area contributed by atoms with Crippen LogP contribution in [0.5, 0.6) is 0 Å². The molecule has 30 heavy (non-hydrogen) atoms. The Morgan fingerprint density at radius 1 is 1.13 bits per heavy atom. The SMILES string of the molecule is C#CC(c1c(F)cc2ncccc2c1F)c1cnc2ccc(N3CCNCC3)nn12. The van der Waals surface area contributed by atoms with Crippen molar-refractivity contribution in [2.75, 3.05) is 31.1 Å². The normalized spacial score (nSPS) is 15.4. The Bertz CT molecular complexity index is 1290. The molecular weight excluding hydrogens is 386 g/mol. The number of piperazine rings is 1. The van der Waals surface area contributed by atoms with Crippen LogP contribution in [0, 0.1) is 24.0 Å². The molecule has 1 aromatic carbocycles.